The van der Waals surface area contributed by atoms with Crippen molar-refractivity contribution in [3.05, 3.63) is 135 Å². The summed E-state index contributed by atoms with van der Waals surface area (Å²) >= 11 is 0. The number of rotatable bonds is 4. The largest absolute Gasteiger partial charge is 0.137 e. The van der Waals surface area contributed by atoms with E-state index in [0.717, 1.165) is 11.1 Å². The molecule has 0 fully saturated rings. The second-order valence-electron chi connectivity index (χ2n) is 4.37. The lowest BCUT2D eigenvalue weighted by Gasteiger charge is -1.96. The Bertz CT molecular complexity index is 633. The molecule has 0 heterocycles. The smallest absolute Gasteiger partial charge is 0.0190 e. The standard InChI is InChI=1S/C10H10.C8H8.C4H6.C3H4/c1-3-9-7-5-6-8-10(9)4-2;1-2-8-6-4-3-5-7-8;1-3-4-2;1-3-2/h3-8H,1-2H2;2-7H,1H2;3-4H,1-2H2;1-2H2. The third kappa shape index (κ3) is 14.0. The van der Waals surface area contributed by atoms with E-state index in [4.69, 9.17) is 0 Å². The van der Waals surface area contributed by atoms with E-state index >= 15 is 0 Å². The van der Waals surface area contributed by atoms with E-state index < -0.39 is 0 Å². The first-order valence-electron chi connectivity index (χ1n) is 7.69. The van der Waals surface area contributed by atoms with Gasteiger partial charge >= 0.3 is 0 Å². The van der Waals surface area contributed by atoms with Crippen LogP contribution in [0.5, 0.6) is 0 Å². The second-order valence-corrected chi connectivity index (χ2v) is 4.37. The fraction of sp³-hybridized carbons (Fsp3) is 0. The first-order valence-corrected chi connectivity index (χ1v) is 7.69. The Labute approximate surface area is 153 Å². The van der Waals surface area contributed by atoms with Gasteiger partial charge in [-0.05, 0) is 16.7 Å². The van der Waals surface area contributed by atoms with Gasteiger partial charge in [0, 0.05) is 0 Å². The maximum absolute atomic E-state index is 3.69. The molecule has 25 heavy (non-hydrogen) atoms. The monoisotopic (exact) mass is 328 g/mol. The summed E-state index contributed by atoms with van der Waals surface area (Å²) in [6, 6.07) is 18.0. The zero-order valence-electron chi connectivity index (χ0n) is 15.0. The highest BCUT2D eigenvalue weighted by atomic mass is 13.9. The maximum Gasteiger partial charge on any atom is -0.0190 e. The summed E-state index contributed by atoms with van der Waals surface area (Å²) in [4.78, 5) is 0. The molecule has 0 radical (unpaired) electrons. The van der Waals surface area contributed by atoms with E-state index in [1.165, 1.54) is 5.56 Å². The van der Waals surface area contributed by atoms with Crippen molar-refractivity contribution in [2.24, 2.45) is 0 Å². The average molecular weight is 328 g/mol. The van der Waals surface area contributed by atoms with Crippen LogP contribution in [0.3, 0.4) is 0 Å². The predicted octanol–water partition coefficient (Wildman–Crippen LogP) is 7.62. The minimum atomic E-state index is 1.14. The Morgan fingerprint density at radius 1 is 0.560 bits per heavy atom. The Morgan fingerprint density at radius 2 is 0.920 bits per heavy atom. The molecule has 0 aromatic heterocycles. The van der Waals surface area contributed by atoms with E-state index in [0.29, 0.717) is 0 Å². The molecule has 0 bridgehead atoms. The molecule has 128 valence electrons. The van der Waals surface area contributed by atoms with Crippen molar-refractivity contribution in [1.29, 1.82) is 0 Å². The highest BCUT2D eigenvalue weighted by Gasteiger charge is 1.89. The summed E-state index contributed by atoms with van der Waals surface area (Å²) in [5, 5.41) is 0. The number of hydrogen-bond donors (Lipinski definition) is 0. The minimum Gasteiger partial charge on any atom is -0.137 e. The molecular formula is C25H28. The Hall–Kier alpha value is -3.34. The molecule has 0 aliphatic heterocycles. The van der Waals surface area contributed by atoms with E-state index in [-0.39, 0.29) is 0 Å². The molecule has 0 nitrogen and oxygen atoms in total. The van der Waals surface area contributed by atoms with E-state index in [1.54, 1.807) is 12.2 Å². The van der Waals surface area contributed by atoms with E-state index in [9.17, 15) is 0 Å². The molecule has 0 saturated carbocycles. The normalized spacial score (nSPS) is 7.36. The van der Waals surface area contributed by atoms with Gasteiger partial charge in [0.15, 0.2) is 0 Å². The van der Waals surface area contributed by atoms with Gasteiger partial charge in [0.25, 0.3) is 0 Å². The molecule has 0 N–H and O–H groups in total. The summed E-state index contributed by atoms with van der Waals surface area (Å²) < 4.78 is 0. The summed E-state index contributed by atoms with van der Waals surface area (Å²) in [6.07, 6.45) is 8.77. The average Bonchev–Trinajstić information content (AvgIpc) is 2.69. The number of allylic oxidation sites excluding steroid dienone is 2. The van der Waals surface area contributed by atoms with Gasteiger partial charge in [0.2, 0.25) is 0 Å². The van der Waals surface area contributed by atoms with Crippen molar-refractivity contribution in [2.45, 2.75) is 0 Å². The highest BCUT2D eigenvalue weighted by Crippen LogP contribution is 2.10. The molecule has 2 aromatic rings. The van der Waals surface area contributed by atoms with Gasteiger partial charge in [-0.1, -0.05) is 131 Å². The van der Waals surface area contributed by atoms with Crippen LogP contribution in [0.25, 0.3) is 18.2 Å². The Balaban J connectivity index is 0. The van der Waals surface area contributed by atoms with E-state index in [1.807, 2.05) is 72.8 Å². The van der Waals surface area contributed by atoms with Crippen LogP contribution >= 0.6 is 0 Å². The molecule has 0 aliphatic carbocycles. The first-order chi connectivity index (χ1) is 12.1. The molecular weight excluding hydrogens is 300 g/mol. The van der Waals surface area contributed by atoms with Gasteiger partial charge < -0.3 is 0 Å². The van der Waals surface area contributed by atoms with Crippen LogP contribution < -0.4 is 0 Å². The molecule has 0 heteroatoms. The van der Waals surface area contributed by atoms with Crippen LogP contribution in [0.4, 0.5) is 0 Å². The molecule has 0 aliphatic rings. The van der Waals surface area contributed by atoms with Crippen molar-refractivity contribution in [3.8, 4) is 0 Å². The third-order valence-corrected chi connectivity index (χ3v) is 2.64. The Kier molecular flexibility index (Phi) is 17.9. The van der Waals surface area contributed by atoms with Crippen LogP contribution in [0.1, 0.15) is 16.7 Å². The van der Waals surface area contributed by atoms with Crippen LogP contribution in [-0.4, -0.2) is 0 Å². The molecule has 0 spiro atoms. The third-order valence-electron chi connectivity index (χ3n) is 2.64. The predicted molar refractivity (Wildman–Crippen MR) is 118 cm³/mol. The summed E-state index contributed by atoms with van der Waals surface area (Å²) in [5.74, 6) is 0. The first kappa shape index (κ1) is 23.9. The van der Waals surface area contributed by atoms with Crippen LogP contribution in [0.2, 0.25) is 0 Å². The van der Waals surface area contributed by atoms with Crippen LogP contribution in [0.15, 0.2) is 119 Å². The lowest BCUT2D eigenvalue weighted by Crippen LogP contribution is -1.76. The molecule has 0 atom stereocenters. The lowest BCUT2D eigenvalue weighted by molar-refractivity contribution is 1.62. The summed E-state index contributed by atoms with van der Waals surface area (Å²) in [7, 11) is 0. The quantitative estimate of drug-likeness (QED) is 0.400. The van der Waals surface area contributed by atoms with Crippen molar-refractivity contribution < 1.29 is 0 Å². The zero-order valence-corrected chi connectivity index (χ0v) is 15.0. The van der Waals surface area contributed by atoms with Gasteiger partial charge in [0.05, 0.1) is 0 Å². The van der Waals surface area contributed by atoms with Crippen molar-refractivity contribution in [2.75, 3.05) is 0 Å². The molecule has 0 amide bonds. The molecule has 2 aromatic carbocycles. The van der Waals surface area contributed by atoms with E-state index in [2.05, 4.69) is 51.8 Å². The SMILES string of the molecule is C=C=C.C=CC=C.C=Cc1ccccc1.C=Cc1ccccc1C=C. The highest BCUT2D eigenvalue weighted by molar-refractivity contribution is 5.63. The van der Waals surface area contributed by atoms with Gasteiger partial charge in [-0.25, -0.2) is 0 Å². The number of hydrogen-bond acceptors (Lipinski definition) is 0. The van der Waals surface area contributed by atoms with Crippen molar-refractivity contribution in [3.63, 3.8) is 0 Å². The zero-order chi connectivity index (χ0) is 19.3. The molecule has 0 saturated heterocycles. The van der Waals surface area contributed by atoms with Crippen molar-refractivity contribution >= 4 is 18.2 Å². The van der Waals surface area contributed by atoms with Gasteiger partial charge in [-0.2, -0.15) is 0 Å². The van der Waals surface area contributed by atoms with Gasteiger partial charge in [-0.15, -0.1) is 5.73 Å². The van der Waals surface area contributed by atoms with Crippen LogP contribution in [0, 0.1) is 0 Å². The fourth-order valence-corrected chi connectivity index (χ4v) is 1.47. The summed E-state index contributed by atoms with van der Waals surface area (Å²) in [5.41, 5.74) is 5.70. The van der Waals surface area contributed by atoms with Crippen LogP contribution in [-0.2, 0) is 0 Å². The van der Waals surface area contributed by atoms with Gasteiger partial charge in [0.1, 0.15) is 0 Å². The summed E-state index contributed by atoms with van der Waals surface area (Å²) in [6.45, 7) is 24.0. The number of benzene rings is 2. The molecule has 2 rings (SSSR count). The minimum absolute atomic E-state index is 1.14. The van der Waals surface area contributed by atoms with Crippen molar-refractivity contribution in [1.82, 2.24) is 0 Å². The fourth-order valence-electron chi connectivity index (χ4n) is 1.47. The Morgan fingerprint density at radius 3 is 1.16 bits per heavy atom. The second kappa shape index (κ2) is 18.7. The topological polar surface area (TPSA) is 0 Å². The van der Waals surface area contributed by atoms with Gasteiger partial charge in [-0.3, -0.25) is 0 Å². The molecule has 0 unspecified atom stereocenters. The lowest BCUT2D eigenvalue weighted by atomic mass is 10.1. The maximum atomic E-state index is 3.69.